The molecule has 1 aromatic carbocycles. The molecule has 0 aromatic heterocycles. The van der Waals surface area contributed by atoms with Gasteiger partial charge in [-0.2, -0.15) is 0 Å². The second-order valence-electron chi connectivity index (χ2n) is 5.59. The number of carbonyl (C=O) groups excluding carboxylic acids is 1. The highest BCUT2D eigenvalue weighted by Crippen LogP contribution is 2.30. The van der Waals surface area contributed by atoms with Gasteiger partial charge in [0.2, 0.25) is 5.91 Å². The van der Waals surface area contributed by atoms with E-state index in [0.717, 1.165) is 5.56 Å². The third-order valence-corrected chi connectivity index (χ3v) is 3.61. The lowest BCUT2D eigenvalue weighted by molar-refractivity contribution is -0.147. The summed E-state index contributed by atoms with van der Waals surface area (Å²) < 4.78 is 10.9. The predicted molar refractivity (Wildman–Crippen MR) is 80.2 cm³/mol. The van der Waals surface area contributed by atoms with Crippen molar-refractivity contribution in [3.63, 3.8) is 0 Å². The predicted octanol–water partition coefficient (Wildman–Crippen LogP) is 1.76. The highest BCUT2D eigenvalue weighted by Gasteiger charge is 2.33. The van der Waals surface area contributed by atoms with E-state index in [1.54, 1.807) is 18.2 Å². The van der Waals surface area contributed by atoms with Gasteiger partial charge in [-0.05, 0) is 31.0 Å². The summed E-state index contributed by atoms with van der Waals surface area (Å²) in [6, 6.07) is 5.30. The Morgan fingerprint density at radius 1 is 1.27 bits per heavy atom. The Kier molecular flexibility index (Phi) is 4.90. The quantitative estimate of drug-likeness (QED) is 0.836. The van der Waals surface area contributed by atoms with Crippen molar-refractivity contribution in [1.82, 2.24) is 5.32 Å². The molecule has 2 N–H and O–H groups in total. The lowest BCUT2D eigenvalue weighted by atomic mass is 9.96. The van der Waals surface area contributed by atoms with E-state index in [1.807, 2.05) is 6.92 Å². The number of aliphatic carboxylic acids is 1. The fourth-order valence-corrected chi connectivity index (χ4v) is 2.46. The van der Waals surface area contributed by atoms with Crippen LogP contribution >= 0.6 is 0 Å². The van der Waals surface area contributed by atoms with Crippen LogP contribution in [0, 0.1) is 0 Å². The summed E-state index contributed by atoms with van der Waals surface area (Å²) in [5.41, 5.74) is -0.481. The van der Waals surface area contributed by atoms with Crippen molar-refractivity contribution in [3.05, 3.63) is 23.8 Å². The molecule has 22 heavy (non-hydrogen) atoms. The topological polar surface area (TPSA) is 84.9 Å². The molecule has 120 valence electrons. The van der Waals surface area contributed by atoms with Crippen LogP contribution in [0.2, 0.25) is 0 Å². The van der Waals surface area contributed by atoms with Crippen LogP contribution in [0.15, 0.2) is 18.2 Å². The lowest BCUT2D eigenvalue weighted by Gasteiger charge is -2.26. The molecule has 0 aliphatic carbocycles. The molecule has 1 aromatic rings. The molecule has 1 heterocycles. The second-order valence-corrected chi connectivity index (χ2v) is 5.59. The van der Waals surface area contributed by atoms with Gasteiger partial charge in [0.05, 0.1) is 6.42 Å². The maximum absolute atomic E-state index is 12.1. The fourth-order valence-electron chi connectivity index (χ4n) is 2.46. The normalized spacial score (nSPS) is 15.7. The van der Waals surface area contributed by atoms with E-state index >= 15 is 0 Å². The number of fused-ring (bicyclic) bond motifs is 1. The third-order valence-electron chi connectivity index (χ3n) is 3.61. The van der Waals surface area contributed by atoms with Gasteiger partial charge in [-0.15, -0.1) is 0 Å². The van der Waals surface area contributed by atoms with Gasteiger partial charge in [-0.1, -0.05) is 19.4 Å². The van der Waals surface area contributed by atoms with Crippen LogP contribution in [0.4, 0.5) is 0 Å². The smallest absolute Gasteiger partial charge is 0.329 e. The van der Waals surface area contributed by atoms with Crippen molar-refractivity contribution in [1.29, 1.82) is 0 Å². The van der Waals surface area contributed by atoms with E-state index in [2.05, 4.69) is 5.32 Å². The molecule has 1 amide bonds. The van der Waals surface area contributed by atoms with Gasteiger partial charge < -0.3 is 19.9 Å². The van der Waals surface area contributed by atoms with Crippen molar-refractivity contribution < 1.29 is 24.2 Å². The van der Waals surface area contributed by atoms with Crippen LogP contribution in [-0.4, -0.2) is 35.7 Å². The van der Waals surface area contributed by atoms with Crippen LogP contribution in [0.3, 0.4) is 0 Å². The Labute approximate surface area is 129 Å². The average molecular weight is 307 g/mol. The van der Waals surface area contributed by atoms with Crippen LogP contribution in [0.1, 0.15) is 32.3 Å². The average Bonchev–Trinajstić information content (AvgIpc) is 2.47. The van der Waals surface area contributed by atoms with E-state index in [1.165, 1.54) is 6.92 Å². The molecule has 0 fully saturated rings. The molecule has 1 aliphatic heterocycles. The summed E-state index contributed by atoms with van der Waals surface area (Å²) in [6.07, 6.45) is 1.16. The van der Waals surface area contributed by atoms with E-state index < -0.39 is 11.5 Å². The van der Waals surface area contributed by atoms with Crippen molar-refractivity contribution in [2.45, 2.75) is 38.6 Å². The van der Waals surface area contributed by atoms with Crippen molar-refractivity contribution >= 4 is 11.9 Å². The van der Waals surface area contributed by atoms with Gasteiger partial charge in [0.25, 0.3) is 0 Å². The fraction of sp³-hybridized carbons (Fsp3) is 0.500. The largest absolute Gasteiger partial charge is 0.486 e. The number of carboxylic acid groups (broad SMARTS) is 1. The Bertz CT molecular complexity index is 572. The SMILES string of the molecule is CCCC(C)(NC(=O)Cc1ccc2c(c1)OCCO2)C(=O)O. The first kappa shape index (κ1) is 16.1. The summed E-state index contributed by atoms with van der Waals surface area (Å²) in [7, 11) is 0. The molecular formula is C16H21NO5. The van der Waals surface area contributed by atoms with Crippen LogP contribution < -0.4 is 14.8 Å². The van der Waals surface area contributed by atoms with E-state index in [-0.39, 0.29) is 12.3 Å². The monoisotopic (exact) mass is 307 g/mol. The molecule has 1 aliphatic rings. The van der Waals surface area contributed by atoms with Crippen molar-refractivity contribution in [2.75, 3.05) is 13.2 Å². The maximum Gasteiger partial charge on any atom is 0.329 e. The minimum Gasteiger partial charge on any atom is -0.486 e. The first-order valence-corrected chi connectivity index (χ1v) is 7.37. The summed E-state index contributed by atoms with van der Waals surface area (Å²) in [5.74, 6) is -0.0669. The zero-order valence-electron chi connectivity index (χ0n) is 12.8. The number of hydrogen-bond acceptors (Lipinski definition) is 4. The van der Waals surface area contributed by atoms with E-state index in [4.69, 9.17) is 9.47 Å². The minimum atomic E-state index is -1.24. The standard InChI is InChI=1S/C16H21NO5/c1-3-6-16(2,15(19)20)17-14(18)10-11-4-5-12-13(9-11)22-8-7-21-12/h4-5,9H,3,6-8,10H2,1-2H3,(H,17,18)(H,19,20). The number of benzene rings is 1. The zero-order chi connectivity index (χ0) is 16.2. The molecule has 2 rings (SSSR count). The molecule has 0 saturated heterocycles. The zero-order valence-corrected chi connectivity index (χ0v) is 12.8. The van der Waals surface area contributed by atoms with Gasteiger partial charge in [0, 0.05) is 0 Å². The van der Waals surface area contributed by atoms with Crippen LogP contribution in [-0.2, 0) is 16.0 Å². The molecule has 0 spiro atoms. The number of rotatable bonds is 6. The Morgan fingerprint density at radius 2 is 1.95 bits per heavy atom. The van der Waals surface area contributed by atoms with Gasteiger partial charge in [0.15, 0.2) is 11.5 Å². The number of carboxylic acids is 1. The number of ether oxygens (including phenoxy) is 2. The van der Waals surface area contributed by atoms with Crippen LogP contribution in [0.25, 0.3) is 0 Å². The summed E-state index contributed by atoms with van der Waals surface area (Å²) >= 11 is 0. The Morgan fingerprint density at radius 3 is 2.59 bits per heavy atom. The molecule has 0 radical (unpaired) electrons. The number of amides is 1. The Balaban J connectivity index is 2.04. The van der Waals surface area contributed by atoms with Gasteiger partial charge >= 0.3 is 5.97 Å². The van der Waals surface area contributed by atoms with E-state index in [0.29, 0.717) is 37.6 Å². The van der Waals surface area contributed by atoms with Gasteiger partial charge in [0.1, 0.15) is 18.8 Å². The minimum absolute atomic E-state index is 0.100. The maximum atomic E-state index is 12.1. The molecule has 1 atom stereocenters. The van der Waals surface area contributed by atoms with Gasteiger partial charge in [-0.3, -0.25) is 4.79 Å². The summed E-state index contributed by atoms with van der Waals surface area (Å²) in [6.45, 7) is 4.41. The molecule has 6 heteroatoms. The Hall–Kier alpha value is -2.24. The first-order chi connectivity index (χ1) is 10.4. The second kappa shape index (κ2) is 6.68. The summed E-state index contributed by atoms with van der Waals surface area (Å²) in [5, 5.41) is 11.9. The van der Waals surface area contributed by atoms with Crippen LogP contribution in [0.5, 0.6) is 11.5 Å². The molecule has 0 saturated carbocycles. The highest BCUT2D eigenvalue weighted by molar-refractivity contribution is 5.87. The molecule has 0 bridgehead atoms. The summed E-state index contributed by atoms with van der Waals surface area (Å²) in [4.78, 5) is 23.5. The molecule has 1 unspecified atom stereocenters. The number of carbonyl (C=O) groups is 2. The highest BCUT2D eigenvalue weighted by atomic mass is 16.6. The van der Waals surface area contributed by atoms with E-state index in [9.17, 15) is 14.7 Å². The number of hydrogen-bond donors (Lipinski definition) is 2. The van der Waals surface area contributed by atoms with Gasteiger partial charge in [-0.25, -0.2) is 4.79 Å². The molecule has 6 nitrogen and oxygen atoms in total. The molecular weight excluding hydrogens is 286 g/mol. The third kappa shape index (κ3) is 3.69. The van der Waals surface area contributed by atoms with Crippen molar-refractivity contribution in [2.24, 2.45) is 0 Å². The lowest BCUT2D eigenvalue weighted by Crippen LogP contribution is -2.52. The number of nitrogens with one attached hydrogen (secondary N) is 1. The van der Waals surface area contributed by atoms with Crippen molar-refractivity contribution in [3.8, 4) is 11.5 Å². The first-order valence-electron chi connectivity index (χ1n) is 7.37.